The zero-order valence-electron chi connectivity index (χ0n) is 15.6. The van der Waals surface area contributed by atoms with Gasteiger partial charge < -0.3 is 15.0 Å². The Morgan fingerprint density at radius 2 is 2.00 bits per heavy atom. The summed E-state index contributed by atoms with van der Waals surface area (Å²) in [7, 11) is 0. The summed E-state index contributed by atoms with van der Waals surface area (Å²) in [5, 5.41) is 17.0. The minimum atomic E-state index is -0.969. The van der Waals surface area contributed by atoms with E-state index in [4.69, 9.17) is 16.7 Å². The molecular weight excluding hydrogens is 394 g/mol. The minimum Gasteiger partial charge on any atom is -0.480 e. The second-order valence-electron chi connectivity index (χ2n) is 6.89. The number of fused-ring (bicyclic) bond motifs is 1. The van der Waals surface area contributed by atoms with Crippen molar-refractivity contribution in [1.29, 1.82) is 0 Å². The molecule has 2 N–H and O–H groups in total. The van der Waals surface area contributed by atoms with Crippen molar-refractivity contribution < 1.29 is 14.7 Å². The molecule has 8 nitrogen and oxygen atoms in total. The number of carbonyl (C=O) groups is 2. The van der Waals surface area contributed by atoms with E-state index in [1.165, 1.54) is 10.8 Å². The fourth-order valence-corrected chi connectivity index (χ4v) is 3.86. The monoisotopic (exact) mass is 413 g/mol. The lowest BCUT2D eigenvalue weighted by Gasteiger charge is -2.14. The normalized spacial score (nSPS) is 13.1. The molecular formula is C20H20ClN5O3. The number of nitrogens with one attached hydrogen (secondary N) is 1. The summed E-state index contributed by atoms with van der Waals surface area (Å²) in [6, 6.07) is 7.43. The summed E-state index contributed by atoms with van der Waals surface area (Å²) < 4.78 is 3.26. The fourth-order valence-electron chi connectivity index (χ4n) is 3.64. The number of carbonyl (C=O) groups excluding carboxylic acids is 1. The number of carboxylic acids is 1. The Hall–Kier alpha value is -3.13. The molecule has 4 rings (SSSR count). The number of halogens is 1. The van der Waals surface area contributed by atoms with E-state index < -0.39 is 5.97 Å². The van der Waals surface area contributed by atoms with Gasteiger partial charge in [-0.15, -0.1) is 0 Å². The van der Waals surface area contributed by atoms with E-state index in [1.807, 2.05) is 18.2 Å². The second-order valence-corrected chi connectivity index (χ2v) is 7.30. The predicted octanol–water partition coefficient (Wildman–Crippen LogP) is 2.62. The Morgan fingerprint density at radius 1 is 1.21 bits per heavy atom. The maximum atomic E-state index is 12.9. The number of aromatic nitrogens is 4. The van der Waals surface area contributed by atoms with Crippen LogP contribution >= 0.6 is 11.6 Å². The molecule has 0 fully saturated rings. The fraction of sp³-hybridized carbons (Fsp3) is 0.300. The molecule has 1 aliphatic rings. The maximum Gasteiger partial charge on any atom is 0.323 e. The molecule has 29 heavy (non-hydrogen) atoms. The van der Waals surface area contributed by atoms with Gasteiger partial charge in [-0.1, -0.05) is 23.7 Å². The van der Waals surface area contributed by atoms with Crippen molar-refractivity contribution in [2.75, 3.05) is 0 Å². The molecule has 0 spiro atoms. The smallest absolute Gasteiger partial charge is 0.323 e. The van der Waals surface area contributed by atoms with Crippen LogP contribution in [0.4, 0.5) is 0 Å². The Bertz CT molecular complexity index is 1070. The number of para-hydroxylation sites is 1. The number of aliphatic carboxylic acids is 1. The van der Waals surface area contributed by atoms with Crippen LogP contribution in [0.5, 0.6) is 0 Å². The number of benzene rings is 1. The molecule has 0 saturated carbocycles. The molecule has 0 unspecified atom stereocenters. The van der Waals surface area contributed by atoms with Gasteiger partial charge in [-0.2, -0.15) is 5.10 Å². The van der Waals surface area contributed by atoms with Crippen molar-refractivity contribution in [3.8, 4) is 5.69 Å². The number of hydrogen-bond acceptors (Lipinski definition) is 4. The number of carboxylic acid groups (broad SMARTS) is 1. The molecule has 2 heterocycles. The summed E-state index contributed by atoms with van der Waals surface area (Å²) in [5.41, 5.74) is 3.10. The van der Waals surface area contributed by atoms with Crippen molar-refractivity contribution >= 4 is 23.5 Å². The highest BCUT2D eigenvalue weighted by molar-refractivity contribution is 6.32. The van der Waals surface area contributed by atoms with Gasteiger partial charge in [-0.05, 0) is 37.8 Å². The predicted molar refractivity (Wildman–Crippen MR) is 106 cm³/mol. The number of nitrogens with zero attached hydrogens (tertiary/aromatic N) is 4. The standard InChI is InChI=1S/C20H20ClN5O3/c21-14-6-2-4-8-16(14)26-15-7-3-1-5-13(15)19(24-26)20(29)23-11-17-22-9-10-25(17)12-18(27)28/h2,4,6,8-10H,1,3,5,7,11-12H2,(H,23,29)(H,27,28). The molecule has 3 aromatic rings. The first-order valence-corrected chi connectivity index (χ1v) is 9.78. The van der Waals surface area contributed by atoms with E-state index in [1.54, 1.807) is 16.9 Å². The summed E-state index contributed by atoms with van der Waals surface area (Å²) in [5.74, 6) is -0.804. The quantitative estimate of drug-likeness (QED) is 0.646. The molecule has 0 saturated heterocycles. The topological polar surface area (TPSA) is 102 Å². The van der Waals surface area contributed by atoms with Gasteiger partial charge in [-0.25, -0.2) is 9.67 Å². The lowest BCUT2D eigenvalue weighted by atomic mass is 9.95. The third kappa shape index (κ3) is 3.88. The highest BCUT2D eigenvalue weighted by Gasteiger charge is 2.26. The largest absolute Gasteiger partial charge is 0.480 e. The van der Waals surface area contributed by atoms with Crippen LogP contribution in [-0.2, 0) is 30.7 Å². The Balaban J connectivity index is 1.60. The zero-order chi connectivity index (χ0) is 20.4. The van der Waals surface area contributed by atoms with Crippen LogP contribution in [0.3, 0.4) is 0 Å². The van der Waals surface area contributed by atoms with Crippen molar-refractivity contribution in [2.24, 2.45) is 0 Å². The molecule has 1 aromatic carbocycles. The van der Waals surface area contributed by atoms with Crippen LogP contribution in [0.2, 0.25) is 5.02 Å². The van der Waals surface area contributed by atoms with E-state index in [0.29, 0.717) is 16.5 Å². The van der Waals surface area contributed by atoms with Crippen LogP contribution in [0.1, 0.15) is 40.4 Å². The van der Waals surface area contributed by atoms with Gasteiger partial charge >= 0.3 is 5.97 Å². The summed E-state index contributed by atoms with van der Waals surface area (Å²) in [6.45, 7) is -0.0887. The number of imidazole rings is 1. The number of rotatable bonds is 6. The van der Waals surface area contributed by atoms with Crippen molar-refractivity contribution in [3.05, 3.63) is 64.5 Å². The average molecular weight is 414 g/mol. The first-order chi connectivity index (χ1) is 14.0. The maximum absolute atomic E-state index is 12.9. The molecule has 0 aliphatic heterocycles. The van der Waals surface area contributed by atoms with Gasteiger partial charge in [0.25, 0.3) is 5.91 Å². The molecule has 1 aliphatic carbocycles. The molecule has 0 bridgehead atoms. The molecule has 0 radical (unpaired) electrons. The highest BCUT2D eigenvalue weighted by atomic mass is 35.5. The minimum absolute atomic E-state index is 0.118. The van der Waals surface area contributed by atoms with Crippen molar-refractivity contribution in [3.63, 3.8) is 0 Å². The molecule has 0 atom stereocenters. The van der Waals surface area contributed by atoms with Crippen LogP contribution in [0.15, 0.2) is 36.7 Å². The first kappa shape index (κ1) is 19.2. The van der Waals surface area contributed by atoms with Gasteiger partial charge in [0, 0.05) is 23.7 Å². The molecule has 2 aromatic heterocycles. The Kier molecular flexibility index (Phi) is 5.35. The number of hydrogen-bond donors (Lipinski definition) is 2. The average Bonchev–Trinajstić information content (AvgIpc) is 3.30. The van der Waals surface area contributed by atoms with E-state index in [9.17, 15) is 9.59 Å². The lowest BCUT2D eigenvalue weighted by molar-refractivity contribution is -0.137. The van der Waals surface area contributed by atoms with Crippen molar-refractivity contribution in [1.82, 2.24) is 24.6 Å². The summed E-state index contributed by atoms with van der Waals surface area (Å²) in [6.07, 6.45) is 6.75. The highest BCUT2D eigenvalue weighted by Crippen LogP contribution is 2.29. The van der Waals surface area contributed by atoms with Crippen LogP contribution in [0, 0.1) is 0 Å². The third-order valence-corrected chi connectivity index (χ3v) is 5.31. The van der Waals surface area contributed by atoms with E-state index in [2.05, 4.69) is 15.4 Å². The van der Waals surface area contributed by atoms with Crippen LogP contribution < -0.4 is 5.32 Å². The summed E-state index contributed by atoms with van der Waals surface area (Å²) >= 11 is 6.36. The number of amides is 1. The van der Waals surface area contributed by atoms with E-state index in [0.717, 1.165) is 42.6 Å². The van der Waals surface area contributed by atoms with Gasteiger partial charge in [-0.3, -0.25) is 9.59 Å². The van der Waals surface area contributed by atoms with Crippen LogP contribution in [-0.4, -0.2) is 36.3 Å². The summed E-state index contributed by atoms with van der Waals surface area (Å²) in [4.78, 5) is 28.0. The van der Waals surface area contributed by atoms with Crippen molar-refractivity contribution in [2.45, 2.75) is 38.8 Å². The molecule has 1 amide bonds. The molecule has 9 heteroatoms. The first-order valence-electron chi connectivity index (χ1n) is 9.40. The Morgan fingerprint density at radius 3 is 2.79 bits per heavy atom. The van der Waals surface area contributed by atoms with E-state index in [-0.39, 0.29) is 19.0 Å². The second kappa shape index (κ2) is 8.08. The lowest BCUT2D eigenvalue weighted by Crippen LogP contribution is -2.27. The van der Waals surface area contributed by atoms with Crippen LogP contribution in [0.25, 0.3) is 5.69 Å². The van der Waals surface area contributed by atoms with Gasteiger partial charge in [0.15, 0.2) is 5.69 Å². The van der Waals surface area contributed by atoms with E-state index >= 15 is 0 Å². The third-order valence-electron chi connectivity index (χ3n) is 4.99. The zero-order valence-corrected chi connectivity index (χ0v) is 16.4. The SMILES string of the molecule is O=C(O)Cn1ccnc1CNC(=O)c1nn(-c2ccccc2Cl)c2c1CCCC2. The molecule has 150 valence electrons. The van der Waals surface area contributed by atoms with Gasteiger partial charge in [0.05, 0.1) is 17.3 Å². The van der Waals surface area contributed by atoms with Gasteiger partial charge in [0.1, 0.15) is 12.4 Å². The Labute approximate surface area is 172 Å². The van der Waals surface area contributed by atoms with Gasteiger partial charge in [0.2, 0.25) is 0 Å².